The van der Waals surface area contributed by atoms with E-state index in [9.17, 15) is 14.7 Å². The van der Waals surface area contributed by atoms with Crippen molar-refractivity contribution in [3.05, 3.63) is 71.8 Å². The standard InChI is InChI=1S/C21H25NO6/c1-22(21(25)28-15-18-10-6-3-7-11-18)19(20(23)24)16-27-13-12-26-14-17-8-4-2-5-9-17/h2-11,19H,12-16H2,1H3,(H,23,24). The van der Waals surface area contributed by atoms with Crippen LogP contribution < -0.4 is 0 Å². The van der Waals surface area contributed by atoms with Crippen molar-refractivity contribution in [2.75, 3.05) is 26.9 Å². The molecule has 7 nitrogen and oxygen atoms in total. The number of aliphatic carboxylic acids is 1. The summed E-state index contributed by atoms with van der Waals surface area (Å²) >= 11 is 0. The number of benzene rings is 2. The Hall–Kier alpha value is -2.90. The lowest BCUT2D eigenvalue weighted by molar-refractivity contribution is -0.144. The lowest BCUT2D eigenvalue weighted by Gasteiger charge is -2.24. The second kappa shape index (κ2) is 11.7. The third-order valence-corrected chi connectivity index (χ3v) is 4.00. The van der Waals surface area contributed by atoms with Gasteiger partial charge in [0, 0.05) is 7.05 Å². The predicted molar refractivity (Wildman–Crippen MR) is 103 cm³/mol. The molecule has 0 saturated heterocycles. The minimum atomic E-state index is -1.16. The van der Waals surface area contributed by atoms with Crippen LogP contribution >= 0.6 is 0 Å². The van der Waals surface area contributed by atoms with Crippen LogP contribution in [-0.4, -0.2) is 55.0 Å². The SMILES string of the molecule is CN(C(=O)OCc1ccccc1)C(COCCOCc1ccccc1)C(=O)O. The van der Waals surface area contributed by atoms with Crippen LogP contribution in [0.15, 0.2) is 60.7 Å². The van der Waals surface area contributed by atoms with Gasteiger partial charge in [0.15, 0.2) is 6.04 Å². The number of hydrogen-bond acceptors (Lipinski definition) is 5. The zero-order valence-corrected chi connectivity index (χ0v) is 15.8. The van der Waals surface area contributed by atoms with E-state index in [2.05, 4.69) is 0 Å². The van der Waals surface area contributed by atoms with Crippen molar-refractivity contribution in [1.82, 2.24) is 4.90 Å². The fourth-order valence-electron chi connectivity index (χ4n) is 2.37. The molecular formula is C21H25NO6. The molecule has 0 heterocycles. The first kappa shape index (κ1) is 21.4. The van der Waals surface area contributed by atoms with E-state index in [0.29, 0.717) is 13.2 Å². The molecule has 1 atom stereocenters. The Labute approximate surface area is 164 Å². The normalized spacial score (nSPS) is 11.6. The number of ether oxygens (including phenoxy) is 3. The zero-order chi connectivity index (χ0) is 20.2. The summed E-state index contributed by atoms with van der Waals surface area (Å²) in [5.41, 5.74) is 1.87. The average Bonchev–Trinajstić information content (AvgIpc) is 2.72. The van der Waals surface area contributed by atoms with Gasteiger partial charge in [0.05, 0.1) is 26.4 Å². The molecule has 0 spiro atoms. The molecule has 28 heavy (non-hydrogen) atoms. The summed E-state index contributed by atoms with van der Waals surface area (Å²) in [6.07, 6.45) is -0.722. The van der Waals surface area contributed by atoms with Gasteiger partial charge in [-0.2, -0.15) is 0 Å². The third-order valence-electron chi connectivity index (χ3n) is 4.00. The summed E-state index contributed by atoms with van der Waals surface area (Å²) in [7, 11) is 1.38. The number of carbonyl (C=O) groups excluding carboxylic acids is 1. The molecule has 0 aliphatic heterocycles. The van der Waals surface area contributed by atoms with Gasteiger partial charge >= 0.3 is 12.1 Å². The van der Waals surface area contributed by atoms with Crippen LogP contribution in [0.3, 0.4) is 0 Å². The summed E-state index contributed by atoms with van der Waals surface area (Å²) in [5.74, 6) is -1.16. The molecule has 0 aliphatic carbocycles. The average molecular weight is 387 g/mol. The molecule has 1 amide bonds. The minimum Gasteiger partial charge on any atom is -0.480 e. The molecule has 1 unspecified atom stereocenters. The molecule has 2 aromatic rings. The zero-order valence-electron chi connectivity index (χ0n) is 15.8. The maximum atomic E-state index is 12.1. The number of nitrogens with zero attached hydrogens (tertiary/aromatic N) is 1. The summed E-state index contributed by atoms with van der Waals surface area (Å²) in [5, 5.41) is 9.37. The van der Waals surface area contributed by atoms with E-state index in [1.807, 2.05) is 60.7 Å². The smallest absolute Gasteiger partial charge is 0.410 e. The van der Waals surface area contributed by atoms with Crippen molar-refractivity contribution in [3.8, 4) is 0 Å². The molecule has 0 fully saturated rings. The second-order valence-corrected chi connectivity index (χ2v) is 6.12. The van der Waals surface area contributed by atoms with E-state index in [1.165, 1.54) is 7.05 Å². The molecule has 0 saturated carbocycles. The van der Waals surface area contributed by atoms with Crippen LogP contribution in [-0.2, 0) is 32.2 Å². The van der Waals surface area contributed by atoms with Crippen molar-refractivity contribution >= 4 is 12.1 Å². The molecule has 0 aliphatic rings. The Bertz CT molecular complexity index is 722. The number of carboxylic acid groups (broad SMARTS) is 1. The Morgan fingerprint density at radius 3 is 2.00 bits per heavy atom. The Morgan fingerprint density at radius 1 is 0.893 bits per heavy atom. The van der Waals surface area contributed by atoms with Gasteiger partial charge < -0.3 is 19.3 Å². The van der Waals surface area contributed by atoms with Crippen molar-refractivity contribution in [3.63, 3.8) is 0 Å². The Kier molecular flexibility index (Phi) is 8.97. The van der Waals surface area contributed by atoms with Crippen molar-refractivity contribution < 1.29 is 28.9 Å². The van der Waals surface area contributed by atoms with Gasteiger partial charge in [-0.05, 0) is 11.1 Å². The molecule has 0 bridgehead atoms. The predicted octanol–water partition coefficient (Wildman–Crippen LogP) is 2.94. The van der Waals surface area contributed by atoms with Crippen molar-refractivity contribution in [1.29, 1.82) is 0 Å². The number of likely N-dealkylation sites (N-methyl/N-ethyl adjacent to an activating group) is 1. The summed E-state index contributed by atoms with van der Waals surface area (Å²) in [6, 6.07) is 17.7. The van der Waals surface area contributed by atoms with E-state index in [4.69, 9.17) is 14.2 Å². The molecule has 0 radical (unpaired) electrons. The van der Waals surface area contributed by atoms with Gasteiger partial charge in [-0.25, -0.2) is 9.59 Å². The molecule has 0 aromatic heterocycles. The fraction of sp³-hybridized carbons (Fsp3) is 0.333. The first-order chi connectivity index (χ1) is 13.6. The molecule has 7 heteroatoms. The van der Waals surface area contributed by atoms with Crippen molar-refractivity contribution in [2.45, 2.75) is 19.3 Å². The van der Waals surface area contributed by atoms with Crippen LogP contribution in [0, 0.1) is 0 Å². The lowest BCUT2D eigenvalue weighted by Crippen LogP contribution is -2.45. The van der Waals surface area contributed by atoms with Crippen LogP contribution in [0.2, 0.25) is 0 Å². The topological polar surface area (TPSA) is 85.3 Å². The van der Waals surface area contributed by atoms with Crippen LogP contribution in [0.25, 0.3) is 0 Å². The molecule has 2 rings (SSSR count). The monoisotopic (exact) mass is 387 g/mol. The Morgan fingerprint density at radius 2 is 1.43 bits per heavy atom. The quantitative estimate of drug-likeness (QED) is 0.597. The van der Waals surface area contributed by atoms with Gasteiger partial charge in [-0.1, -0.05) is 60.7 Å². The molecular weight excluding hydrogens is 362 g/mol. The van der Waals surface area contributed by atoms with Crippen LogP contribution in [0.5, 0.6) is 0 Å². The summed E-state index contributed by atoms with van der Waals surface area (Å²) in [4.78, 5) is 24.6. The van der Waals surface area contributed by atoms with Gasteiger partial charge in [-0.3, -0.25) is 4.90 Å². The lowest BCUT2D eigenvalue weighted by atomic mass is 10.2. The van der Waals surface area contributed by atoms with Crippen LogP contribution in [0.4, 0.5) is 4.79 Å². The first-order valence-electron chi connectivity index (χ1n) is 8.93. The number of amides is 1. The number of rotatable bonds is 11. The second-order valence-electron chi connectivity index (χ2n) is 6.12. The number of carboxylic acids is 1. The highest BCUT2D eigenvalue weighted by Gasteiger charge is 2.27. The van der Waals surface area contributed by atoms with E-state index < -0.39 is 18.1 Å². The fourth-order valence-corrected chi connectivity index (χ4v) is 2.37. The maximum Gasteiger partial charge on any atom is 0.410 e. The summed E-state index contributed by atoms with van der Waals surface area (Å²) < 4.78 is 16.0. The van der Waals surface area contributed by atoms with Gasteiger partial charge in [0.2, 0.25) is 0 Å². The van der Waals surface area contributed by atoms with Gasteiger partial charge in [0.25, 0.3) is 0 Å². The third kappa shape index (κ3) is 7.38. The highest BCUT2D eigenvalue weighted by molar-refractivity contribution is 5.80. The highest BCUT2D eigenvalue weighted by atomic mass is 16.6. The molecule has 1 N–H and O–H groups in total. The van der Waals surface area contributed by atoms with Gasteiger partial charge in [0.1, 0.15) is 6.61 Å². The molecule has 2 aromatic carbocycles. The largest absolute Gasteiger partial charge is 0.480 e. The number of carbonyl (C=O) groups is 2. The number of hydrogen-bond donors (Lipinski definition) is 1. The maximum absolute atomic E-state index is 12.1. The Balaban J connectivity index is 1.69. The highest BCUT2D eigenvalue weighted by Crippen LogP contribution is 2.06. The van der Waals surface area contributed by atoms with Crippen molar-refractivity contribution in [2.24, 2.45) is 0 Å². The first-order valence-corrected chi connectivity index (χ1v) is 8.93. The van der Waals surface area contributed by atoms with Crippen LogP contribution in [0.1, 0.15) is 11.1 Å². The molecule has 150 valence electrons. The van der Waals surface area contributed by atoms with E-state index in [0.717, 1.165) is 16.0 Å². The van der Waals surface area contributed by atoms with E-state index in [-0.39, 0.29) is 19.8 Å². The van der Waals surface area contributed by atoms with E-state index in [1.54, 1.807) is 0 Å². The van der Waals surface area contributed by atoms with Gasteiger partial charge in [-0.15, -0.1) is 0 Å². The summed E-state index contributed by atoms with van der Waals surface area (Å²) in [6.45, 7) is 0.927. The minimum absolute atomic E-state index is 0.0739. The van der Waals surface area contributed by atoms with E-state index >= 15 is 0 Å².